The van der Waals surface area contributed by atoms with Gasteiger partial charge >= 0.3 is 5.69 Å². The number of aromatic nitrogens is 2. The fourth-order valence-corrected chi connectivity index (χ4v) is 2.36. The van der Waals surface area contributed by atoms with Crippen LogP contribution < -0.4 is 16.4 Å². The number of hydrogen-bond acceptors (Lipinski definition) is 6. The molecule has 0 unspecified atom stereocenters. The molecule has 2 rings (SSSR count). The van der Waals surface area contributed by atoms with Gasteiger partial charge in [-0.2, -0.15) is 0 Å². The van der Waals surface area contributed by atoms with Crippen molar-refractivity contribution >= 4 is 17.4 Å². The van der Waals surface area contributed by atoms with Crippen molar-refractivity contribution in [2.75, 3.05) is 0 Å². The van der Waals surface area contributed by atoms with Gasteiger partial charge in [0.05, 0.1) is 17.4 Å². The number of aromatic amines is 1. The second-order valence-electron chi connectivity index (χ2n) is 5.50. The summed E-state index contributed by atoms with van der Waals surface area (Å²) in [6.45, 7) is 3.69. The Morgan fingerprint density at radius 1 is 1.36 bits per heavy atom. The maximum atomic E-state index is 12.1. The Morgan fingerprint density at radius 3 is 2.72 bits per heavy atom. The Bertz CT molecular complexity index is 940. The lowest BCUT2D eigenvalue weighted by Crippen LogP contribution is -2.33. The van der Waals surface area contributed by atoms with Gasteiger partial charge in [-0.1, -0.05) is 25.5 Å². The molecule has 2 aromatic rings. The van der Waals surface area contributed by atoms with Crippen LogP contribution in [-0.2, 0) is 6.54 Å². The van der Waals surface area contributed by atoms with Crippen molar-refractivity contribution in [1.82, 2.24) is 9.55 Å². The van der Waals surface area contributed by atoms with Gasteiger partial charge in [0, 0.05) is 6.54 Å². The van der Waals surface area contributed by atoms with E-state index in [-0.39, 0.29) is 29.1 Å². The maximum Gasteiger partial charge on any atom is 0.331 e. The van der Waals surface area contributed by atoms with Crippen LogP contribution in [0.4, 0.5) is 5.69 Å². The number of aromatic carboxylic acids is 1. The van der Waals surface area contributed by atoms with E-state index in [0.717, 1.165) is 11.0 Å². The van der Waals surface area contributed by atoms with Crippen molar-refractivity contribution in [2.24, 2.45) is 4.99 Å². The summed E-state index contributed by atoms with van der Waals surface area (Å²) >= 11 is 0. The highest BCUT2D eigenvalue weighted by atomic mass is 16.4. The minimum Gasteiger partial charge on any atom is -0.545 e. The molecule has 25 heavy (non-hydrogen) atoms. The molecular formula is C17H18N3O5-. The lowest BCUT2D eigenvalue weighted by atomic mass is 10.2. The van der Waals surface area contributed by atoms with E-state index in [1.165, 1.54) is 25.1 Å². The Balaban J connectivity index is 2.53. The topological polar surface area (TPSA) is 128 Å². The summed E-state index contributed by atoms with van der Waals surface area (Å²) in [7, 11) is 0. The molecule has 1 heterocycles. The molecule has 0 aliphatic heterocycles. The third-order valence-corrected chi connectivity index (χ3v) is 3.65. The number of carboxylic acid groups (broad SMARTS) is 1. The van der Waals surface area contributed by atoms with E-state index < -0.39 is 23.1 Å². The molecule has 0 fully saturated rings. The zero-order chi connectivity index (χ0) is 18.6. The third kappa shape index (κ3) is 4.03. The van der Waals surface area contributed by atoms with Crippen LogP contribution in [0.15, 0.2) is 38.8 Å². The van der Waals surface area contributed by atoms with Crippen molar-refractivity contribution in [3.63, 3.8) is 0 Å². The van der Waals surface area contributed by atoms with Crippen LogP contribution in [0.25, 0.3) is 0 Å². The first-order valence-corrected chi connectivity index (χ1v) is 7.78. The standard InChI is InChI=1S/C17H19N3O5/c1-3-4-8-20-15(22)13(14(21)19-17(20)25)10(2)18-12-7-5-6-11(9-12)16(23)24/h5-7,9,22H,3-4,8H2,1-2H3,(H,23,24)(H,19,21,25)/p-1. The zero-order valence-electron chi connectivity index (χ0n) is 13.9. The largest absolute Gasteiger partial charge is 0.545 e. The van der Waals surface area contributed by atoms with Crippen molar-refractivity contribution in [2.45, 2.75) is 33.2 Å². The smallest absolute Gasteiger partial charge is 0.331 e. The molecule has 0 amide bonds. The van der Waals surface area contributed by atoms with Crippen molar-refractivity contribution in [3.05, 3.63) is 56.2 Å². The number of carbonyl (C=O) groups is 1. The molecule has 1 aromatic heterocycles. The van der Waals surface area contributed by atoms with Crippen LogP contribution >= 0.6 is 0 Å². The Morgan fingerprint density at radius 2 is 2.08 bits per heavy atom. The fourth-order valence-electron chi connectivity index (χ4n) is 2.36. The number of aromatic hydroxyl groups is 1. The van der Waals surface area contributed by atoms with Gasteiger partial charge in [0.25, 0.3) is 5.56 Å². The van der Waals surface area contributed by atoms with Gasteiger partial charge in [-0.15, -0.1) is 0 Å². The summed E-state index contributed by atoms with van der Waals surface area (Å²) < 4.78 is 1.08. The molecule has 8 heteroatoms. The SMILES string of the molecule is CCCCn1c(O)c(C(C)=Nc2cccc(C(=O)[O-])c2)c(=O)[nH]c1=O. The first kappa shape index (κ1) is 18.2. The zero-order valence-corrected chi connectivity index (χ0v) is 13.9. The Kier molecular flexibility index (Phi) is 5.53. The van der Waals surface area contributed by atoms with Gasteiger partial charge in [-0.25, -0.2) is 4.79 Å². The molecule has 0 aliphatic rings. The van der Waals surface area contributed by atoms with Crippen LogP contribution in [0, 0.1) is 0 Å². The Hall–Kier alpha value is -3.16. The molecule has 0 radical (unpaired) electrons. The number of unbranched alkanes of at least 4 members (excludes halogenated alkanes) is 1. The molecule has 132 valence electrons. The molecule has 8 nitrogen and oxygen atoms in total. The highest BCUT2D eigenvalue weighted by molar-refractivity contribution is 6.01. The minimum absolute atomic E-state index is 0.0555. The molecule has 2 N–H and O–H groups in total. The van der Waals surface area contributed by atoms with E-state index >= 15 is 0 Å². The van der Waals surface area contributed by atoms with E-state index in [1.54, 1.807) is 6.07 Å². The number of benzene rings is 1. The summed E-state index contributed by atoms with van der Waals surface area (Å²) in [6.07, 6.45) is 1.46. The van der Waals surface area contributed by atoms with E-state index in [4.69, 9.17) is 0 Å². The first-order valence-electron chi connectivity index (χ1n) is 7.78. The lowest BCUT2D eigenvalue weighted by molar-refractivity contribution is -0.255. The number of aliphatic imine (C=N–C) groups is 1. The molecule has 0 saturated heterocycles. The molecule has 0 bridgehead atoms. The highest BCUT2D eigenvalue weighted by Gasteiger charge is 2.16. The first-order chi connectivity index (χ1) is 11.8. The maximum absolute atomic E-state index is 12.1. The van der Waals surface area contributed by atoms with Crippen LogP contribution in [0.5, 0.6) is 5.88 Å². The third-order valence-electron chi connectivity index (χ3n) is 3.65. The molecule has 1 aromatic carbocycles. The molecule has 0 atom stereocenters. The molecular weight excluding hydrogens is 326 g/mol. The lowest BCUT2D eigenvalue weighted by Gasteiger charge is -2.11. The number of carboxylic acids is 1. The average Bonchev–Trinajstić information content (AvgIpc) is 2.54. The van der Waals surface area contributed by atoms with E-state index in [9.17, 15) is 24.6 Å². The number of hydrogen-bond donors (Lipinski definition) is 2. The predicted molar refractivity (Wildman–Crippen MR) is 90.5 cm³/mol. The number of H-pyrrole nitrogens is 1. The highest BCUT2D eigenvalue weighted by Crippen LogP contribution is 2.18. The normalized spacial score (nSPS) is 11.5. The molecule has 0 spiro atoms. The van der Waals surface area contributed by atoms with Gasteiger partial charge in [0.1, 0.15) is 5.56 Å². The van der Waals surface area contributed by atoms with Crippen molar-refractivity contribution < 1.29 is 15.0 Å². The van der Waals surface area contributed by atoms with E-state index in [1.807, 2.05) is 6.92 Å². The summed E-state index contributed by atoms with van der Waals surface area (Å²) in [5.74, 6) is -1.80. The van der Waals surface area contributed by atoms with Gasteiger partial charge in [-0.05, 0) is 31.0 Å². The fraction of sp³-hybridized carbons (Fsp3) is 0.294. The van der Waals surface area contributed by atoms with Gasteiger partial charge in [0.2, 0.25) is 5.88 Å². The van der Waals surface area contributed by atoms with Gasteiger partial charge in [0.15, 0.2) is 0 Å². The van der Waals surface area contributed by atoms with Gasteiger partial charge < -0.3 is 15.0 Å². The summed E-state index contributed by atoms with van der Waals surface area (Å²) in [5.41, 5.74) is -1.20. The number of carbonyl (C=O) groups excluding carboxylic acids is 1. The van der Waals surface area contributed by atoms with E-state index in [0.29, 0.717) is 6.42 Å². The molecule has 0 saturated carbocycles. The summed E-state index contributed by atoms with van der Waals surface area (Å²) in [5, 5.41) is 21.2. The van der Waals surface area contributed by atoms with Crippen molar-refractivity contribution in [1.29, 1.82) is 0 Å². The average molecular weight is 344 g/mol. The van der Waals surface area contributed by atoms with Crippen LogP contribution in [0.1, 0.15) is 42.6 Å². The second kappa shape index (κ2) is 7.61. The number of rotatable bonds is 6. The number of nitrogens with one attached hydrogen (secondary N) is 1. The molecule has 0 aliphatic carbocycles. The van der Waals surface area contributed by atoms with Crippen LogP contribution in [0.2, 0.25) is 0 Å². The number of nitrogens with zero attached hydrogens (tertiary/aromatic N) is 2. The predicted octanol–water partition coefficient (Wildman–Crippen LogP) is 0.546. The van der Waals surface area contributed by atoms with Crippen LogP contribution in [0.3, 0.4) is 0 Å². The summed E-state index contributed by atoms with van der Waals surface area (Å²) in [4.78, 5) is 41.2. The second-order valence-corrected chi connectivity index (χ2v) is 5.50. The quantitative estimate of drug-likeness (QED) is 0.740. The minimum atomic E-state index is -1.34. The van der Waals surface area contributed by atoms with Crippen LogP contribution in [-0.4, -0.2) is 26.3 Å². The summed E-state index contributed by atoms with van der Waals surface area (Å²) in [6, 6.07) is 5.69. The van der Waals surface area contributed by atoms with Gasteiger partial charge in [-0.3, -0.25) is 19.3 Å². The van der Waals surface area contributed by atoms with E-state index in [2.05, 4.69) is 9.98 Å². The Labute approximate surface area is 143 Å². The van der Waals surface area contributed by atoms with Crippen molar-refractivity contribution in [3.8, 4) is 5.88 Å². The monoisotopic (exact) mass is 344 g/mol.